The lowest BCUT2D eigenvalue weighted by molar-refractivity contribution is 0.900. The molecule has 0 aromatic carbocycles. The van der Waals surface area contributed by atoms with E-state index in [1.165, 1.54) is 11.8 Å². The third kappa shape index (κ3) is 2.99. The highest BCUT2D eigenvalue weighted by Gasteiger charge is 2.09. The maximum Gasteiger partial charge on any atom is 0.188 e. The summed E-state index contributed by atoms with van der Waals surface area (Å²) < 4.78 is 0. The molecule has 0 saturated carbocycles. The topological polar surface area (TPSA) is 75.7 Å². The molecule has 0 aliphatic rings. The standard InChI is InChI=1S/C9H14N4S/c1-5-4-6(2)13-9(12-5)14-7(3)8(10)11/h4,7H,1-3H3,(H3,10,11). The van der Waals surface area contributed by atoms with Gasteiger partial charge in [0.15, 0.2) is 5.16 Å². The molecular formula is C9H14N4S. The Bertz CT molecular complexity index is 330. The van der Waals surface area contributed by atoms with Crippen molar-refractivity contribution in [1.82, 2.24) is 9.97 Å². The van der Waals surface area contributed by atoms with E-state index in [4.69, 9.17) is 11.1 Å². The highest BCUT2D eigenvalue weighted by molar-refractivity contribution is 8.00. The fourth-order valence-corrected chi connectivity index (χ4v) is 1.80. The van der Waals surface area contributed by atoms with Gasteiger partial charge in [-0.1, -0.05) is 11.8 Å². The van der Waals surface area contributed by atoms with Crippen LogP contribution in [0.3, 0.4) is 0 Å². The highest BCUT2D eigenvalue weighted by atomic mass is 32.2. The number of aromatic nitrogens is 2. The molecule has 3 N–H and O–H groups in total. The highest BCUT2D eigenvalue weighted by Crippen LogP contribution is 2.19. The summed E-state index contributed by atoms with van der Waals surface area (Å²) in [6.07, 6.45) is 0. The van der Waals surface area contributed by atoms with E-state index >= 15 is 0 Å². The second-order valence-corrected chi connectivity index (χ2v) is 4.46. The quantitative estimate of drug-likeness (QED) is 0.343. The number of nitrogens with one attached hydrogen (secondary N) is 1. The first-order valence-corrected chi connectivity index (χ1v) is 5.20. The molecule has 1 aromatic heterocycles. The van der Waals surface area contributed by atoms with Crippen LogP contribution in [0.1, 0.15) is 18.3 Å². The van der Waals surface area contributed by atoms with E-state index in [1.54, 1.807) is 0 Å². The Morgan fingerprint density at radius 2 is 1.93 bits per heavy atom. The zero-order chi connectivity index (χ0) is 10.7. The van der Waals surface area contributed by atoms with Crippen LogP contribution in [0.25, 0.3) is 0 Å². The predicted octanol–water partition coefficient (Wildman–Crippen LogP) is 1.51. The number of thioether (sulfide) groups is 1. The fraction of sp³-hybridized carbons (Fsp3) is 0.444. The molecule has 0 aliphatic carbocycles. The van der Waals surface area contributed by atoms with Crippen LogP contribution in [-0.2, 0) is 0 Å². The first kappa shape index (κ1) is 11.0. The summed E-state index contributed by atoms with van der Waals surface area (Å²) in [6.45, 7) is 5.72. The minimum atomic E-state index is -0.0730. The number of amidine groups is 1. The van der Waals surface area contributed by atoms with Crippen molar-refractivity contribution in [3.63, 3.8) is 0 Å². The second kappa shape index (κ2) is 4.41. The zero-order valence-electron chi connectivity index (χ0n) is 8.53. The molecule has 0 spiro atoms. The van der Waals surface area contributed by atoms with Gasteiger partial charge in [0, 0.05) is 11.4 Å². The molecule has 4 nitrogen and oxygen atoms in total. The van der Waals surface area contributed by atoms with E-state index in [0.717, 1.165) is 11.4 Å². The first-order chi connectivity index (χ1) is 6.49. The molecule has 1 heterocycles. The van der Waals surface area contributed by atoms with Crippen molar-refractivity contribution in [1.29, 1.82) is 5.41 Å². The molecule has 5 heteroatoms. The Balaban J connectivity index is 2.81. The van der Waals surface area contributed by atoms with Crippen LogP contribution < -0.4 is 5.73 Å². The van der Waals surface area contributed by atoms with Crippen LogP contribution in [0.4, 0.5) is 0 Å². The number of nitrogens with zero attached hydrogens (tertiary/aromatic N) is 2. The third-order valence-electron chi connectivity index (χ3n) is 1.68. The molecular weight excluding hydrogens is 196 g/mol. The monoisotopic (exact) mass is 210 g/mol. The van der Waals surface area contributed by atoms with Crippen molar-refractivity contribution < 1.29 is 0 Å². The summed E-state index contributed by atoms with van der Waals surface area (Å²) in [4.78, 5) is 8.51. The van der Waals surface area contributed by atoms with Crippen LogP contribution in [0.15, 0.2) is 11.2 Å². The Morgan fingerprint density at radius 1 is 1.43 bits per heavy atom. The van der Waals surface area contributed by atoms with Crippen LogP contribution in [0.5, 0.6) is 0 Å². The van der Waals surface area contributed by atoms with Gasteiger partial charge >= 0.3 is 0 Å². The number of aryl methyl sites for hydroxylation is 2. The zero-order valence-corrected chi connectivity index (χ0v) is 9.35. The van der Waals surface area contributed by atoms with E-state index in [0.29, 0.717) is 5.16 Å². The predicted molar refractivity (Wildman–Crippen MR) is 58.7 cm³/mol. The van der Waals surface area contributed by atoms with Gasteiger partial charge in [-0.2, -0.15) is 0 Å². The van der Waals surface area contributed by atoms with Gasteiger partial charge in [0.1, 0.15) is 5.84 Å². The van der Waals surface area contributed by atoms with E-state index in [9.17, 15) is 0 Å². The van der Waals surface area contributed by atoms with E-state index in [2.05, 4.69) is 9.97 Å². The molecule has 76 valence electrons. The SMILES string of the molecule is Cc1cc(C)nc(SC(C)C(=N)N)n1. The molecule has 1 atom stereocenters. The average Bonchev–Trinajstić information content (AvgIpc) is 2.01. The van der Waals surface area contributed by atoms with Gasteiger partial charge in [-0.05, 0) is 26.8 Å². The van der Waals surface area contributed by atoms with E-state index in [-0.39, 0.29) is 11.1 Å². The van der Waals surface area contributed by atoms with Gasteiger partial charge in [0.05, 0.1) is 5.25 Å². The Labute approximate surface area is 87.8 Å². The lowest BCUT2D eigenvalue weighted by Gasteiger charge is -2.08. The summed E-state index contributed by atoms with van der Waals surface area (Å²) in [5.41, 5.74) is 7.25. The van der Waals surface area contributed by atoms with Crippen molar-refractivity contribution >= 4 is 17.6 Å². The lowest BCUT2D eigenvalue weighted by Crippen LogP contribution is -2.22. The summed E-state index contributed by atoms with van der Waals surface area (Å²) in [5, 5.41) is 7.87. The number of rotatable bonds is 3. The normalized spacial score (nSPS) is 12.5. The molecule has 1 rings (SSSR count). The lowest BCUT2D eigenvalue weighted by atomic mass is 10.4. The second-order valence-electron chi connectivity index (χ2n) is 3.15. The Hall–Kier alpha value is -1.10. The van der Waals surface area contributed by atoms with E-state index < -0.39 is 0 Å². The molecule has 1 aromatic rings. The smallest absolute Gasteiger partial charge is 0.188 e. The molecule has 0 aliphatic heterocycles. The van der Waals surface area contributed by atoms with Gasteiger partial charge in [-0.3, -0.25) is 5.41 Å². The van der Waals surface area contributed by atoms with Gasteiger partial charge in [-0.25, -0.2) is 9.97 Å². The molecule has 0 radical (unpaired) electrons. The minimum absolute atomic E-state index is 0.0730. The summed E-state index contributed by atoms with van der Waals surface area (Å²) >= 11 is 1.41. The summed E-state index contributed by atoms with van der Waals surface area (Å²) in [6, 6.07) is 1.92. The third-order valence-corrected chi connectivity index (χ3v) is 2.68. The molecule has 0 fully saturated rings. The van der Waals surface area contributed by atoms with Crippen molar-refractivity contribution in [3.05, 3.63) is 17.5 Å². The van der Waals surface area contributed by atoms with Crippen LogP contribution in [0, 0.1) is 19.3 Å². The first-order valence-electron chi connectivity index (χ1n) is 4.32. The minimum Gasteiger partial charge on any atom is -0.387 e. The maximum absolute atomic E-state index is 7.26. The molecule has 0 saturated heterocycles. The molecule has 0 amide bonds. The van der Waals surface area contributed by atoms with Crippen molar-refractivity contribution in [2.24, 2.45) is 5.73 Å². The Morgan fingerprint density at radius 3 is 2.36 bits per heavy atom. The Kier molecular flexibility index (Phi) is 3.46. The number of hydrogen-bond acceptors (Lipinski definition) is 4. The molecule has 14 heavy (non-hydrogen) atoms. The molecule has 1 unspecified atom stereocenters. The summed E-state index contributed by atoms with van der Waals surface area (Å²) in [7, 11) is 0. The van der Waals surface area contributed by atoms with Gasteiger partial charge in [-0.15, -0.1) is 0 Å². The number of nitrogens with two attached hydrogens (primary N) is 1. The number of hydrogen-bond donors (Lipinski definition) is 2. The van der Waals surface area contributed by atoms with Crippen molar-refractivity contribution in [2.45, 2.75) is 31.2 Å². The van der Waals surface area contributed by atoms with Crippen LogP contribution in [-0.4, -0.2) is 21.1 Å². The van der Waals surface area contributed by atoms with E-state index in [1.807, 2.05) is 26.8 Å². The van der Waals surface area contributed by atoms with Crippen LogP contribution in [0.2, 0.25) is 0 Å². The largest absolute Gasteiger partial charge is 0.387 e. The van der Waals surface area contributed by atoms with Gasteiger partial charge < -0.3 is 5.73 Å². The molecule has 0 bridgehead atoms. The van der Waals surface area contributed by atoms with Crippen molar-refractivity contribution in [2.75, 3.05) is 0 Å². The average molecular weight is 210 g/mol. The van der Waals surface area contributed by atoms with Gasteiger partial charge in [0.2, 0.25) is 0 Å². The van der Waals surface area contributed by atoms with Gasteiger partial charge in [0.25, 0.3) is 0 Å². The maximum atomic E-state index is 7.26. The summed E-state index contributed by atoms with van der Waals surface area (Å²) in [5.74, 6) is 0.151. The van der Waals surface area contributed by atoms with Crippen LogP contribution >= 0.6 is 11.8 Å². The van der Waals surface area contributed by atoms with Crippen molar-refractivity contribution in [3.8, 4) is 0 Å². The fourth-order valence-electron chi connectivity index (χ4n) is 0.968.